The average molecular weight is 260 g/mol. The molecule has 0 aliphatic carbocycles. The largest absolute Gasteiger partial charge is 0.496 e. The zero-order valence-corrected chi connectivity index (χ0v) is 11.1. The average Bonchev–Trinajstić information content (AvgIpc) is 2.48. The molecule has 1 atom stereocenters. The van der Waals surface area contributed by atoms with E-state index >= 15 is 0 Å². The van der Waals surface area contributed by atoms with E-state index in [2.05, 4.69) is 11.4 Å². The molecule has 0 aliphatic rings. The van der Waals surface area contributed by atoms with Gasteiger partial charge < -0.3 is 20.9 Å². The van der Waals surface area contributed by atoms with Crippen molar-refractivity contribution in [1.82, 2.24) is 5.32 Å². The topological polar surface area (TPSA) is 67.5 Å². The van der Waals surface area contributed by atoms with Gasteiger partial charge in [0.15, 0.2) is 0 Å². The van der Waals surface area contributed by atoms with E-state index in [1.807, 2.05) is 30.3 Å². The molecule has 0 saturated carbocycles. The van der Waals surface area contributed by atoms with Gasteiger partial charge in [0.25, 0.3) is 0 Å². The van der Waals surface area contributed by atoms with Crippen molar-refractivity contribution in [2.75, 3.05) is 26.8 Å². The van der Waals surface area contributed by atoms with Crippen molar-refractivity contribution in [1.29, 1.82) is 0 Å². The van der Waals surface area contributed by atoms with E-state index in [-0.39, 0.29) is 12.6 Å². The van der Waals surface area contributed by atoms with Gasteiger partial charge in [-0.1, -0.05) is 30.3 Å². The Morgan fingerprint density at radius 1 is 1.21 bits per heavy atom. The molecule has 0 heterocycles. The summed E-state index contributed by atoms with van der Waals surface area (Å²) in [5.41, 5.74) is 6.96. The van der Waals surface area contributed by atoms with Crippen LogP contribution in [0.2, 0.25) is 0 Å². The summed E-state index contributed by atoms with van der Waals surface area (Å²) in [6.45, 7) is 1.11. The fourth-order valence-corrected chi connectivity index (χ4v) is 2.34. The normalized spacial score (nSPS) is 12.6. The van der Waals surface area contributed by atoms with Gasteiger partial charge in [-0.25, -0.2) is 0 Å². The van der Waals surface area contributed by atoms with Gasteiger partial charge in [0, 0.05) is 24.5 Å². The number of hydrogen-bond donors (Lipinski definition) is 3. The molecule has 1 unspecified atom stereocenters. The van der Waals surface area contributed by atoms with E-state index in [4.69, 9.17) is 15.6 Å². The summed E-state index contributed by atoms with van der Waals surface area (Å²) >= 11 is 0. The quantitative estimate of drug-likeness (QED) is 0.735. The lowest BCUT2D eigenvalue weighted by Gasteiger charge is -2.19. The molecule has 0 amide bonds. The third-order valence-electron chi connectivity index (χ3n) is 3.25. The molecule has 19 heavy (non-hydrogen) atoms. The van der Waals surface area contributed by atoms with Crippen molar-refractivity contribution in [2.45, 2.75) is 6.04 Å². The second-order valence-corrected chi connectivity index (χ2v) is 4.37. The van der Waals surface area contributed by atoms with Crippen molar-refractivity contribution in [3.05, 3.63) is 42.0 Å². The Labute approximate surface area is 113 Å². The molecule has 0 radical (unpaired) electrons. The number of rotatable bonds is 6. The van der Waals surface area contributed by atoms with Crippen molar-refractivity contribution < 1.29 is 9.84 Å². The van der Waals surface area contributed by atoms with Crippen LogP contribution in [0.5, 0.6) is 5.75 Å². The molecule has 102 valence electrons. The smallest absolute Gasteiger partial charge is 0.126 e. The lowest BCUT2D eigenvalue weighted by atomic mass is 9.98. The summed E-state index contributed by atoms with van der Waals surface area (Å²) in [4.78, 5) is 0. The number of nitrogens with two attached hydrogens (primary N) is 1. The number of benzene rings is 2. The van der Waals surface area contributed by atoms with Crippen LogP contribution in [0.25, 0.3) is 10.8 Å². The highest BCUT2D eigenvalue weighted by atomic mass is 16.5. The number of hydrogen-bond acceptors (Lipinski definition) is 4. The highest BCUT2D eigenvalue weighted by Crippen LogP contribution is 2.31. The Kier molecular flexibility index (Phi) is 4.74. The van der Waals surface area contributed by atoms with E-state index in [9.17, 15) is 0 Å². The summed E-state index contributed by atoms with van der Waals surface area (Å²) in [6.07, 6.45) is 0. The maximum atomic E-state index is 8.93. The summed E-state index contributed by atoms with van der Waals surface area (Å²) < 4.78 is 5.39. The molecule has 4 N–H and O–H groups in total. The van der Waals surface area contributed by atoms with Gasteiger partial charge in [-0.05, 0) is 17.0 Å². The van der Waals surface area contributed by atoms with Crippen LogP contribution in [-0.2, 0) is 0 Å². The van der Waals surface area contributed by atoms with Gasteiger partial charge in [0.05, 0.1) is 13.7 Å². The van der Waals surface area contributed by atoms with Crippen molar-refractivity contribution in [3.8, 4) is 5.75 Å². The molecule has 0 aromatic heterocycles. The van der Waals surface area contributed by atoms with Crippen LogP contribution in [0.1, 0.15) is 11.6 Å². The molecule has 0 aliphatic heterocycles. The molecule has 2 rings (SSSR count). The van der Waals surface area contributed by atoms with E-state index in [1.54, 1.807) is 7.11 Å². The lowest BCUT2D eigenvalue weighted by Crippen LogP contribution is -2.30. The Balaban J connectivity index is 2.48. The Bertz CT molecular complexity index is 543. The SMILES string of the molecule is COc1ccc(C(CN)NCCO)c2ccccc12. The summed E-state index contributed by atoms with van der Waals surface area (Å²) in [5.74, 6) is 0.859. The van der Waals surface area contributed by atoms with Crippen LogP contribution in [0.15, 0.2) is 36.4 Å². The van der Waals surface area contributed by atoms with Crippen molar-refractivity contribution in [2.24, 2.45) is 5.73 Å². The molecule has 0 saturated heterocycles. The van der Waals surface area contributed by atoms with E-state index < -0.39 is 0 Å². The zero-order valence-electron chi connectivity index (χ0n) is 11.1. The fraction of sp³-hybridized carbons (Fsp3) is 0.333. The third kappa shape index (κ3) is 2.87. The van der Waals surface area contributed by atoms with Gasteiger partial charge in [-0.3, -0.25) is 0 Å². The number of fused-ring (bicyclic) bond motifs is 1. The van der Waals surface area contributed by atoms with E-state index in [1.165, 1.54) is 0 Å². The number of ether oxygens (including phenoxy) is 1. The third-order valence-corrected chi connectivity index (χ3v) is 3.25. The first-order valence-corrected chi connectivity index (χ1v) is 6.41. The molecule has 0 bridgehead atoms. The standard InChI is InChI=1S/C15H20N2O2/c1-19-15-7-6-12(14(10-16)17-8-9-18)11-4-2-3-5-13(11)15/h2-7,14,17-18H,8-10,16H2,1H3. The maximum absolute atomic E-state index is 8.93. The fourth-order valence-electron chi connectivity index (χ4n) is 2.34. The molecular weight excluding hydrogens is 240 g/mol. The number of aliphatic hydroxyl groups excluding tert-OH is 1. The van der Waals surface area contributed by atoms with Crippen LogP contribution in [-0.4, -0.2) is 31.9 Å². The first kappa shape index (κ1) is 13.8. The van der Waals surface area contributed by atoms with Crippen LogP contribution in [0.3, 0.4) is 0 Å². The lowest BCUT2D eigenvalue weighted by molar-refractivity contribution is 0.285. The minimum absolute atomic E-state index is 0.0305. The second-order valence-electron chi connectivity index (χ2n) is 4.37. The Morgan fingerprint density at radius 3 is 2.58 bits per heavy atom. The van der Waals surface area contributed by atoms with Crippen LogP contribution >= 0.6 is 0 Å². The molecule has 0 spiro atoms. The first-order valence-electron chi connectivity index (χ1n) is 6.41. The number of aliphatic hydroxyl groups is 1. The highest BCUT2D eigenvalue weighted by Gasteiger charge is 2.13. The molecule has 2 aromatic rings. The van der Waals surface area contributed by atoms with Crippen molar-refractivity contribution >= 4 is 10.8 Å². The first-order chi connectivity index (χ1) is 9.31. The number of methoxy groups -OCH3 is 1. The van der Waals surface area contributed by atoms with Crippen LogP contribution in [0, 0.1) is 0 Å². The minimum Gasteiger partial charge on any atom is -0.496 e. The van der Waals surface area contributed by atoms with Gasteiger partial charge >= 0.3 is 0 Å². The number of nitrogens with one attached hydrogen (secondary N) is 1. The predicted molar refractivity (Wildman–Crippen MR) is 77.4 cm³/mol. The molecular formula is C15H20N2O2. The van der Waals surface area contributed by atoms with E-state index in [0.29, 0.717) is 13.1 Å². The van der Waals surface area contributed by atoms with Gasteiger partial charge in [-0.15, -0.1) is 0 Å². The molecule has 4 nitrogen and oxygen atoms in total. The molecule has 4 heteroatoms. The van der Waals surface area contributed by atoms with Gasteiger partial charge in [0.2, 0.25) is 0 Å². The summed E-state index contributed by atoms with van der Waals surface area (Å²) in [6, 6.07) is 12.1. The molecule has 0 fully saturated rings. The van der Waals surface area contributed by atoms with E-state index in [0.717, 1.165) is 22.1 Å². The Morgan fingerprint density at radius 2 is 1.95 bits per heavy atom. The predicted octanol–water partition coefficient (Wildman–Crippen LogP) is 1.43. The second kappa shape index (κ2) is 6.52. The van der Waals surface area contributed by atoms with Crippen LogP contribution < -0.4 is 15.8 Å². The Hall–Kier alpha value is -1.62. The minimum atomic E-state index is 0.0305. The monoisotopic (exact) mass is 260 g/mol. The van der Waals surface area contributed by atoms with Crippen molar-refractivity contribution in [3.63, 3.8) is 0 Å². The maximum Gasteiger partial charge on any atom is 0.126 e. The zero-order chi connectivity index (χ0) is 13.7. The van der Waals surface area contributed by atoms with Crippen LogP contribution in [0.4, 0.5) is 0 Å². The summed E-state index contributed by atoms with van der Waals surface area (Å²) in [7, 11) is 1.67. The van der Waals surface area contributed by atoms with Gasteiger partial charge in [-0.2, -0.15) is 0 Å². The van der Waals surface area contributed by atoms with Gasteiger partial charge in [0.1, 0.15) is 5.75 Å². The molecule has 2 aromatic carbocycles. The highest BCUT2D eigenvalue weighted by molar-refractivity contribution is 5.91. The summed E-state index contributed by atoms with van der Waals surface area (Å²) in [5, 5.41) is 14.4.